The number of hydrogen-bond donors (Lipinski definition) is 2. The Morgan fingerprint density at radius 1 is 1.44 bits per heavy atom. The van der Waals surface area contributed by atoms with Crippen LogP contribution in [0, 0.1) is 0 Å². The molecule has 0 spiro atoms. The van der Waals surface area contributed by atoms with Gasteiger partial charge in [0.2, 0.25) is 0 Å². The number of aliphatic imine (C=N–C) groups is 1. The van der Waals surface area contributed by atoms with Crippen LogP contribution in [0.25, 0.3) is 0 Å². The van der Waals surface area contributed by atoms with Crippen molar-refractivity contribution in [3.63, 3.8) is 0 Å². The third-order valence-electron chi connectivity index (χ3n) is 2.29. The van der Waals surface area contributed by atoms with Crippen LogP contribution in [-0.4, -0.2) is 18.2 Å². The summed E-state index contributed by atoms with van der Waals surface area (Å²) >= 11 is 0. The fourth-order valence-corrected chi connectivity index (χ4v) is 1.40. The standard InChI is InChI=1S/C10H18N4O.HI/c1-4-8-7(6-13-10(11)12-3)9(5-2)15-14-8;/h4-6H2,1-3H3,(H3,11,12,13);1H. The van der Waals surface area contributed by atoms with E-state index >= 15 is 0 Å². The Hall–Kier alpha value is -0.790. The zero-order valence-corrected chi connectivity index (χ0v) is 12.2. The number of nitrogens with two attached hydrogens (primary N) is 1. The fraction of sp³-hybridized carbons (Fsp3) is 0.600. The van der Waals surface area contributed by atoms with Crippen LogP contribution in [0.5, 0.6) is 0 Å². The first-order chi connectivity index (χ1) is 7.22. The van der Waals surface area contributed by atoms with Crippen molar-refractivity contribution in [2.45, 2.75) is 33.2 Å². The number of halogens is 1. The first kappa shape index (κ1) is 15.2. The molecule has 16 heavy (non-hydrogen) atoms. The van der Waals surface area contributed by atoms with Crippen molar-refractivity contribution in [2.24, 2.45) is 10.7 Å². The zero-order chi connectivity index (χ0) is 11.3. The van der Waals surface area contributed by atoms with Gasteiger partial charge in [0.15, 0.2) is 5.96 Å². The van der Waals surface area contributed by atoms with Crippen LogP contribution in [-0.2, 0) is 19.4 Å². The van der Waals surface area contributed by atoms with Gasteiger partial charge in [0, 0.05) is 25.6 Å². The van der Waals surface area contributed by atoms with Crippen molar-refractivity contribution in [1.82, 2.24) is 10.5 Å². The molecule has 1 rings (SSSR count). The van der Waals surface area contributed by atoms with Crippen LogP contribution >= 0.6 is 24.0 Å². The lowest BCUT2D eigenvalue weighted by atomic mass is 10.1. The van der Waals surface area contributed by atoms with Gasteiger partial charge in [-0.05, 0) is 6.42 Å². The minimum absolute atomic E-state index is 0. The summed E-state index contributed by atoms with van der Waals surface area (Å²) < 4.78 is 5.23. The van der Waals surface area contributed by atoms with E-state index in [9.17, 15) is 0 Å². The van der Waals surface area contributed by atoms with Gasteiger partial charge in [0.25, 0.3) is 0 Å². The lowest BCUT2D eigenvalue weighted by Gasteiger charge is -2.04. The highest BCUT2D eigenvalue weighted by Gasteiger charge is 2.12. The molecule has 3 N–H and O–H groups in total. The fourth-order valence-electron chi connectivity index (χ4n) is 1.40. The highest BCUT2D eigenvalue weighted by molar-refractivity contribution is 14.0. The molecule has 0 aromatic carbocycles. The Bertz CT molecular complexity index is 327. The predicted molar refractivity (Wildman–Crippen MR) is 75.1 cm³/mol. The smallest absolute Gasteiger partial charge is 0.188 e. The van der Waals surface area contributed by atoms with Gasteiger partial charge in [-0.1, -0.05) is 19.0 Å². The van der Waals surface area contributed by atoms with Crippen molar-refractivity contribution in [1.29, 1.82) is 0 Å². The summed E-state index contributed by atoms with van der Waals surface area (Å²) in [6.45, 7) is 4.72. The van der Waals surface area contributed by atoms with Crippen LogP contribution in [0.4, 0.5) is 0 Å². The lowest BCUT2D eigenvalue weighted by molar-refractivity contribution is 0.380. The molecule has 1 heterocycles. The number of nitrogens with zero attached hydrogens (tertiary/aromatic N) is 2. The normalized spacial score (nSPS) is 11.1. The molecule has 92 valence electrons. The molecule has 0 radical (unpaired) electrons. The van der Waals surface area contributed by atoms with Crippen molar-refractivity contribution in [3.05, 3.63) is 17.0 Å². The summed E-state index contributed by atoms with van der Waals surface area (Å²) in [6, 6.07) is 0. The molecule has 1 aromatic rings. The number of aromatic nitrogens is 1. The Morgan fingerprint density at radius 2 is 2.12 bits per heavy atom. The van der Waals surface area contributed by atoms with E-state index in [1.54, 1.807) is 7.05 Å². The maximum Gasteiger partial charge on any atom is 0.188 e. The summed E-state index contributed by atoms with van der Waals surface area (Å²) in [4.78, 5) is 3.83. The summed E-state index contributed by atoms with van der Waals surface area (Å²) in [6.07, 6.45) is 1.71. The number of nitrogens with one attached hydrogen (secondary N) is 1. The van der Waals surface area contributed by atoms with E-state index in [4.69, 9.17) is 10.3 Å². The highest BCUT2D eigenvalue weighted by atomic mass is 127. The van der Waals surface area contributed by atoms with Gasteiger partial charge in [0.1, 0.15) is 5.76 Å². The Morgan fingerprint density at radius 3 is 2.62 bits per heavy atom. The Kier molecular flexibility index (Phi) is 7.11. The van der Waals surface area contributed by atoms with Gasteiger partial charge in [-0.25, -0.2) is 0 Å². The highest BCUT2D eigenvalue weighted by Crippen LogP contribution is 2.15. The third-order valence-corrected chi connectivity index (χ3v) is 2.29. The number of hydrogen-bond acceptors (Lipinski definition) is 3. The number of rotatable bonds is 4. The molecule has 0 unspecified atom stereocenters. The van der Waals surface area contributed by atoms with Gasteiger partial charge in [-0.3, -0.25) is 4.99 Å². The molecule has 6 heteroatoms. The van der Waals surface area contributed by atoms with Crippen LogP contribution in [0.3, 0.4) is 0 Å². The van der Waals surface area contributed by atoms with E-state index in [1.807, 2.05) is 6.92 Å². The zero-order valence-electron chi connectivity index (χ0n) is 9.91. The van der Waals surface area contributed by atoms with Gasteiger partial charge >= 0.3 is 0 Å². The molecule has 1 aromatic heterocycles. The van der Waals surface area contributed by atoms with E-state index in [-0.39, 0.29) is 24.0 Å². The first-order valence-electron chi connectivity index (χ1n) is 5.15. The molecule has 0 saturated carbocycles. The van der Waals surface area contributed by atoms with Crippen LogP contribution < -0.4 is 11.1 Å². The summed E-state index contributed by atoms with van der Waals surface area (Å²) in [5, 5.41) is 7.03. The Labute approximate surface area is 113 Å². The quantitative estimate of drug-likeness (QED) is 0.495. The van der Waals surface area contributed by atoms with Crippen LogP contribution in [0.2, 0.25) is 0 Å². The van der Waals surface area contributed by atoms with E-state index in [2.05, 4.69) is 22.4 Å². The topological polar surface area (TPSA) is 76.4 Å². The molecule has 0 atom stereocenters. The molecule has 0 fully saturated rings. The van der Waals surface area contributed by atoms with E-state index < -0.39 is 0 Å². The molecule has 0 aliphatic rings. The average Bonchev–Trinajstić information content (AvgIpc) is 2.67. The molecule has 0 aliphatic carbocycles. The number of guanidine groups is 1. The average molecular weight is 338 g/mol. The first-order valence-corrected chi connectivity index (χ1v) is 5.15. The van der Waals surface area contributed by atoms with Crippen molar-refractivity contribution >= 4 is 29.9 Å². The molecule has 0 aliphatic heterocycles. The molecule has 0 saturated heterocycles. The van der Waals surface area contributed by atoms with Crippen LogP contribution in [0.15, 0.2) is 9.52 Å². The molecule has 0 amide bonds. The largest absolute Gasteiger partial charge is 0.370 e. The minimum Gasteiger partial charge on any atom is -0.370 e. The maximum absolute atomic E-state index is 5.56. The summed E-state index contributed by atoms with van der Waals surface area (Å²) in [5.41, 5.74) is 7.65. The number of aryl methyl sites for hydroxylation is 2. The second-order valence-corrected chi connectivity index (χ2v) is 3.20. The van der Waals surface area contributed by atoms with Crippen molar-refractivity contribution in [3.8, 4) is 0 Å². The summed E-state index contributed by atoms with van der Waals surface area (Å²) in [7, 11) is 1.65. The van der Waals surface area contributed by atoms with Crippen molar-refractivity contribution in [2.75, 3.05) is 7.05 Å². The van der Waals surface area contributed by atoms with E-state index in [1.165, 1.54) is 0 Å². The van der Waals surface area contributed by atoms with Gasteiger partial charge in [-0.15, -0.1) is 24.0 Å². The second-order valence-electron chi connectivity index (χ2n) is 3.20. The van der Waals surface area contributed by atoms with E-state index in [0.717, 1.165) is 29.9 Å². The van der Waals surface area contributed by atoms with Crippen LogP contribution in [0.1, 0.15) is 30.9 Å². The predicted octanol–water partition coefficient (Wildman–Crippen LogP) is 1.45. The van der Waals surface area contributed by atoms with Gasteiger partial charge in [0.05, 0.1) is 5.69 Å². The third kappa shape index (κ3) is 3.66. The monoisotopic (exact) mass is 338 g/mol. The molecular formula is C10H19IN4O. The van der Waals surface area contributed by atoms with Crippen molar-refractivity contribution < 1.29 is 4.52 Å². The molecular weight excluding hydrogens is 319 g/mol. The van der Waals surface area contributed by atoms with Gasteiger partial charge in [-0.2, -0.15) is 0 Å². The maximum atomic E-state index is 5.56. The van der Waals surface area contributed by atoms with E-state index in [0.29, 0.717) is 12.5 Å². The summed E-state index contributed by atoms with van der Waals surface area (Å²) in [5.74, 6) is 1.35. The second kappa shape index (κ2) is 7.48. The van der Waals surface area contributed by atoms with Gasteiger partial charge < -0.3 is 15.6 Å². The molecule has 0 bridgehead atoms. The molecule has 5 nitrogen and oxygen atoms in total. The Balaban J connectivity index is 0.00000225. The minimum atomic E-state index is 0. The lowest BCUT2D eigenvalue weighted by Crippen LogP contribution is -2.31. The SMILES string of the molecule is CCc1noc(CC)c1CNC(N)=NC.I.